The molecular formula is C12H14N6O2. The van der Waals surface area contributed by atoms with E-state index in [0.717, 1.165) is 5.69 Å². The Balaban J connectivity index is 1.65. The molecule has 1 atom stereocenters. The van der Waals surface area contributed by atoms with Crippen LogP contribution in [0.5, 0.6) is 5.75 Å². The lowest BCUT2D eigenvalue weighted by Crippen LogP contribution is -2.47. The van der Waals surface area contributed by atoms with E-state index in [2.05, 4.69) is 25.9 Å². The number of hydrogen-bond donors (Lipinski definition) is 2. The van der Waals surface area contributed by atoms with E-state index < -0.39 is 6.10 Å². The van der Waals surface area contributed by atoms with Gasteiger partial charge in [0, 0.05) is 7.05 Å². The van der Waals surface area contributed by atoms with E-state index in [4.69, 9.17) is 4.74 Å². The van der Waals surface area contributed by atoms with Gasteiger partial charge in [-0.3, -0.25) is 4.79 Å². The van der Waals surface area contributed by atoms with Gasteiger partial charge in [0.1, 0.15) is 5.75 Å². The Hall–Kier alpha value is -2.64. The van der Waals surface area contributed by atoms with Crippen LogP contribution in [0.15, 0.2) is 24.3 Å². The maximum Gasteiger partial charge on any atom is 0.263 e. The lowest BCUT2D eigenvalue weighted by atomic mass is 10.2. The number of rotatable bonds is 3. The Morgan fingerprint density at radius 1 is 1.55 bits per heavy atom. The second-order valence-corrected chi connectivity index (χ2v) is 4.50. The molecule has 0 radical (unpaired) electrons. The third-order valence-corrected chi connectivity index (χ3v) is 3.09. The molecule has 3 rings (SSSR count). The zero-order valence-electron chi connectivity index (χ0n) is 10.9. The maximum absolute atomic E-state index is 12.1. The number of likely N-dealkylation sites (N-methyl/N-ethyl adjacent to an activating group) is 1. The van der Waals surface area contributed by atoms with E-state index in [1.54, 1.807) is 0 Å². The van der Waals surface area contributed by atoms with E-state index in [-0.39, 0.29) is 12.5 Å². The van der Waals surface area contributed by atoms with Crippen LogP contribution in [0, 0.1) is 0 Å². The molecule has 1 aliphatic heterocycles. The largest absolute Gasteiger partial charge is 0.477 e. The van der Waals surface area contributed by atoms with Gasteiger partial charge >= 0.3 is 0 Å². The van der Waals surface area contributed by atoms with Gasteiger partial charge in [0.25, 0.3) is 5.91 Å². The van der Waals surface area contributed by atoms with Crippen LogP contribution in [0.2, 0.25) is 0 Å². The standard InChI is InChI=1S/C12H14N6O2/c1-18-7-10(20-9-5-3-2-4-8(9)18)12(19)13-6-11-14-16-17-15-11/h2-5,10H,6-7H2,1H3,(H,13,19)(H,14,15,16,17)/t10-/m1/s1. The Morgan fingerprint density at radius 2 is 2.40 bits per heavy atom. The van der Waals surface area contributed by atoms with Gasteiger partial charge in [-0.25, -0.2) is 0 Å². The van der Waals surface area contributed by atoms with Crippen molar-refractivity contribution in [3.8, 4) is 5.75 Å². The van der Waals surface area contributed by atoms with Crippen molar-refractivity contribution in [3.63, 3.8) is 0 Å². The van der Waals surface area contributed by atoms with Gasteiger partial charge in [0.2, 0.25) is 0 Å². The molecule has 1 aromatic heterocycles. The highest BCUT2D eigenvalue weighted by Gasteiger charge is 2.28. The van der Waals surface area contributed by atoms with Crippen LogP contribution in [-0.4, -0.2) is 46.2 Å². The van der Waals surface area contributed by atoms with E-state index in [1.807, 2.05) is 36.2 Å². The van der Waals surface area contributed by atoms with Gasteiger partial charge in [0.15, 0.2) is 11.9 Å². The molecule has 0 unspecified atom stereocenters. The van der Waals surface area contributed by atoms with Crippen molar-refractivity contribution >= 4 is 11.6 Å². The molecule has 0 saturated carbocycles. The van der Waals surface area contributed by atoms with Gasteiger partial charge in [-0.2, -0.15) is 5.21 Å². The lowest BCUT2D eigenvalue weighted by molar-refractivity contribution is -0.128. The minimum absolute atomic E-state index is 0.198. The van der Waals surface area contributed by atoms with Crippen molar-refractivity contribution in [1.29, 1.82) is 0 Å². The van der Waals surface area contributed by atoms with Crippen LogP contribution in [0.4, 0.5) is 5.69 Å². The second kappa shape index (κ2) is 5.16. The average molecular weight is 274 g/mol. The van der Waals surface area contributed by atoms with E-state index in [9.17, 15) is 4.79 Å². The normalized spacial score (nSPS) is 17.2. The van der Waals surface area contributed by atoms with Gasteiger partial charge in [-0.05, 0) is 12.1 Å². The molecule has 0 bridgehead atoms. The first-order chi connectivity index (χ1) is 9.74. The van der Waals surface area contributed by atoms with Gasteiger partial charge < -0.3 is 15.0 Å². The number of carbonyl (C=O) groups excluding carboxylic acids is 1. The minimum Gasteiger partial charge on any atom is -0.477 e. The predicted molar refractivity (Wildman–Crippen MR) is 70.2 cm³/mol. The lowest BCUT2D eigenvalue weighted by Gasteiger charge is -2.32. The monoisotopic (exact) mass is 274 g/mol. The number of amides is 1. The highest BCUT2D eigenvalue weighted by Crippen LogP contribution is 2.31. The van der Waals surface area contributed by atoms with Gasteiger partial charge in [-0.1, -0.05) is 17.3 Å². The number of nitrogens with one attached hydrogen (secondary N) is 2. The van der Waals surface area contributed by atoms with Crippen molar-refractivity contribution < 1.29 is 9.53 Å². The number of anilines is 1. The Morgan fingerprint density at radius 3 is 3.20 bits per heavy atom. The molecule has 1 amide bonds. The molecule has 8 nitrogen and oxygen atoms in total. The minimum atomic E-state index is -0.554. The van der Waals surface area contributed by atoms with E-state index >= 15 is 0 Å². The number of carbonyl (C=O) groups is 1. The van der Waals surface area contributed by atoms with E-state index in [1.165, 1.54) is 0 Å². The highest BCUT2D eigenvalue weighted by atomic mass is 16.5. The molecule has 104 valence electrons. The average Bonchev–Trinajstić information content (AvgIpc) is 2.98. The molecule has 1 aliphatic rings. The first-order valence-electron chi connectivity index (χ1n) is 6.21. The first kappa shape index (κ1) is 12.4. The molecule has 0 saturated heterocycles. The Labute approximate surface area is 115 Å². The van der Waals surface area contributed by atoms with Crippen molar-refractivity contribution in [3.05, 3.63) is 30.1 Å². The highest BCUT2D eigenvalue weighted by molar-refractivity contribution is 5.83. The summed E-state index contributed by atoms with van der Waals surface area (Å²) in [5, 5.41) is 16.0. The number of nitrogens with zero attached hydrogens (tertiary/aromatic N) is 4. The second-order valence-electron chi connectivity index (χ2n) is 4.50. The SMILES string of the molecule is CN1C[C@H](C(=O)NCc2nn[nH]n2)Oc2ccccc21. The van der Waals surface area contributed by atoms with Crippen LogP contribution in [0.1, 0.15) is 5.82 Å². The molecule has 8 heteroatoms. The Kier molecular flexibility index (Phi) is 3.20. The molecule has 2 N–H and O–H groups in total. The molecule has 2 heterocycles. The smallest absolute Gasteiger partial charge is 0.263 e. The third kappa shape index (κ3) is 2.40. The number of hydrogen-bond acceptors (Lipinski definition) is 6. The fourth-order valence-electron chi connectivity index (χ4n) is 2.08. The van der Waals surface area contributed by atoms with Crippen LogP contribution < -0.4 is 15.0 Å². The molecule has 0 aliphatic carbocycles. The summed E-state index contributed by atoms with van der Waals surface area (Å²) in [6.07, 6.45) is -0.554. The summed E-state index contributed by atoms with van der Waals surface area (Å²) in [7, 11) is 1.93. The quantitative estimate of drug-likeness (QED) is 0.798. The van der Waals surface area contributed by atoms with Crippen LogP contribution in [-0.2, 0) is 11.3 Å². The summed E-state index contributed by atoms with van der Waals surface area (Å²) < 4.78 is 5.72. The number of aromatic amines is 1. The summed E-state index contributed by atoms with van der Waals surface area (Å²) in [4.78, 5) is 14.1. The number of benzene rings is 1. The number of tetrazole rings is 1. The van der Waals surface area contributed by atoms with Crippen molar-refractivity contribution in [2.75, 3.05) is 18.5 Å². The fraction of sp³-hybridized carbons (Fsp3) is 0.333. The predicted octanol–water partition coefficient (Wildman–Crippen LogP) is -0.287. The molecular weight excluding hydrogens is 260 g/mol. The number of aromatic nitrogens is 4. The third-order valence-electron chi connectivity index (χ3n) is 3.09. The number of para-hydroxylation sites is 2. The van der Waals surface area contributed by atoms with Crippen molar-refractivity contribution in [2.45, 2.75) is 12.6 Å². The zero-order chi connectivity index (χ0) is 13.9. The number of H-pyrrole nitrogens is 1. The number of fused-ring (bicyclic) bond motifs is 1. The number of ether oxygens (including phenoxy) is 1. The molecule has 0 spiro atoms. The summed E-state index contributed by atoms with van der Waals surface area (Å²) >= 11 is 0. The van der Waals surface area contributed by atoms with Crippen LogP contribution in [0.25, 0.3) is 0 Å². The summed E-state index contributed by atoms with van der Waals surface area (Å²) in [6.45, 7) is 0.718. The molecule has 2 aromatic rings. The summed E-state index contributed by atoms with van der Waals surface area (Å²) in [5.41, 5.74) is 0.981. The fourth-order valence-corrected chi connectivity index (χ4v) is 2.08. The van der Waals surface area contributed by atoms with Crippen molar-refractivity contribution in [1.82, 2.24) is 25.9 Å². The molecule has 20 heavy (non-hydrogen) atoms. The summed E-state index contributed by atoms with van der Waals surface area (Å²) in [6, 6.07) is 7.63. The van der Waals surface area contributed by atoms with Crippen molar-refractivity contribution in [2.24, 2.45) is 0 Å². The zero-order valence-corrected chi connectivity index (χ0v) is 10.9. The Bertz CT molecular complexity index is 600. The molecule has 1 aromatic carbocycles. The molecule has 0 fully saturated rings. The van der Waals surface area contributed by atoms with Gasteiger partial charge in [-0.15, -0.1) is 10.2 Å². The topological polar surface area (TPSA) is 96.0 Å². The van der Waals surface area contributed by atoms with Crippen LogP contribution in [0.3, 0.4) is 0 Å². The van der Waals surface area contributed by atoms with Gasteiger partial charge in [0.05, 0.1) is 18.8 Å². The van der Waals surface area contributed by atoms with Crippen LogP contribution >= 0.6 is 0 Å². The maximum atomic E-state index is 12.1. The van der Waals surface area contributed by atoms with E-state index in [0.29, 0.717) is 18.1 Å². The summed E-state index contributed by atoms with van der Waals surface area (Å²) in [5.74, 6) is 0.944. The first-order valence-corrected chi connectivity index (χ1v) is 6.21.